The van der Waals surface area contributed by atoms with Crippen LogP contribution in [0.25, 0.3) is 5.65 Å². The molecule has 0 atom stereocenters. The maximum Gasteiger partial charge on any atom is 0.275 e. The quantitative estimate of drug-likeness (QED) is 0.714. The third-order valence-corrected chi connectivity index (χ3v) is 3.91. The van der Waals surface area contributed by atoms with E-state index in [1.807, 2.05) is 25.3 Å². The number of nitrogens with one attached hydrogen (secondary N) is 1. The van der Waals surface area contributed by atoms with Gasteiger partial charge in [0.1, 0.15) is 11.3 Å². The van der Waals surface area contributed by atoms with E-state index < -0.39 is 5.91 Å². The molecule has 0 bridgehead atoms. The average Bonchev–Trinajstić information content (AvgIpc) is 2.85. The largest absolute Gasteiger partial charge is 0.318 e. The Morgan fingerprint density at radius 1 is 1.18 bits per heavy atom. The van der Waals surface area contributed by atoms with Crippen LogP contribution in [0.5, 0.6) is 0 Å². The molecule has 1 N–H and O–H groups in total. The van der Waals surface area contributed by atoms with Crippen LogP contribution in [0.3, 0.4) is 0 Å². The van der Waals surface area contributed by atoms with Crippen molar-refractivity contribution in [2.45, 2.75) is 6.92 Å². The Bertz CT molecular complexity index is 866. The number of aromatic nitrogens is 2. The first-order valence-corrected chi connectivity index (χ1v) is 7.48. The minimum Gasteiger partial charge on any atom is -0.318 e. The first-order chi connectivity index (χ1) is 10.4. The molecule has 7 heteroatoms. The van der Waals surface area contributed by atoms with E-state index in [2.05, 4.69) is 10.3 Å². The summed E-state index contributed by atoms with van der Waals surface area (Å²) in [6, 6.07) is 6.84. The zero-order valence-corrected chi connectivity index (χ0v) is 13.7. The number of carbonyl (C=O) groups excluding carboxylic acids is 1. The standard InChI is InChI=1S/C15H10Cl3N3O/c1-8-2-3-21-7-12(19-13(21)4-8)15(22)20-14-10(17)5-9(16)6-11(14)18/h2-7H,1H3,(H,20,22). The molecule has 0 aliphatic rings. The van der Waals surface area contributed by atoms with Crippen LogP contribution in [-0.2, 0) is 0 Å². The number of pyridine rings is 1. The summed E-state index contributed by atoms with van der Waals surface area (Å²) in [7, 11) is 0. The van der Waals surface area contributed by atoms with Gasteiger partial charge in [-0.2, -0.15) is 0 Å². The Balaban J connectivity index is 1.93. The van der Waals surface area contributed by atoms with E-state index >= 15 is 0 Å². The number of nitrogens with zero attached hydrogens (tertiary/aromatic N) is 2. The maximum absolute atomic E-state index is 12.3. The molecule has 22 heavy (non-hydrogen) atoms. The molecule has 0 spiro atoms. The Hall–Kier alpha value is -1.75. The van der Waals surface area contributed by atoms with E-state index in [1.54, 1.807) is 10.6 Å². The molecule has 1 amide bonds. The summed E-state index contributed by atoms with van der Waals surface area (Å²) in [6.45, 7) is 1.96. The van der Waals surface area contributed by atoms with E-state index in [9.17, 15) is 4.79 Å². The van der Waals surface area contributed by atoms with Crippen LogP contribution in [0.4, 0.5) is 5.69 Å². The monoisotopic (exact) mass is 353 g/mol. The molecule has 0 radical (unpaired) electrons. The fourth-order valence-corrected chi connectivity index (χ4v) is 2.94. The summed E-state index contributed by atoms with van der Waals surface area (Å²) >= 11 is 18.0. The van der Waals surface area contributed by atoms with Gasteiger partial charge in [0.2, 0.25) is 0 Å². The van der Waals surface area contributed by atoms with Gasteiger partial charge in [-0.1, -0.05) is 34.8 Å². The van der Waals surface area contributed by atoms with Crippen molar-refractivity contribution in [1.82, 2.24) is 9.38 Å². The van der Waals surface area contributed by atoms with Gasteiger partial charge in [0.15, 0.2) is 0 Å². The number of imidazole rings is 1. The molecular weight excluding hydrogens is 345 g/mol. The number of benzene rings is 1. The summed E-state index contributed by atoms with van der Waals surface area (Å²) in [6.07, 6.45) is 3.48. The molecule has 2 heterocycles. The first-order valence-electron chi connectivity index (χ1n) is 6.35. The van der Waals surface area contributed by atoms with E-state index in [-0.39, 0.29) is 15.7 Å². The highest BCUT2D eigenvalue weighted by molar-refractivity contribution is 6.42. The number of hydrogen-bond acceptors (Lipinski definition) is 2. The molecule has 0 aliphatic carbocycles. The number of carbonyl (C=O) groups is 1. The van der Waals surface area contributed by atoms with E-state index in [0.29, 0.717) is 16.4 Å². The predicted molar refractivity (Wildman–Crippen MR) is 89.4 cm³/mol. The second-order valence-corrected chi connectivity index (χ2v) is 6.05. The summed E-state index contributed by atoms with van der Waals surface area (Å²) in [5.41, 5.74) is 2.34. The second-order valence-electron chi connectivity index (χ2n) is 4.79. The molecule has 2 aromatic heterocycles. The number of aryl methyl sites for hydroxylation is 1. The van der Waals surface area contributed by atoms with Crippen molar-refractivity contribution in [1.29, 1.82) is 0 Å². The Morgan fingerprint density at radius 3 is 2.55 bits per heavy atom. The fourth-order valence-electron chi connectivity index (χ4n) is 2.03. The lowest BCUT2D eigenvalue weighted by Gasteiger charge is -2.08. The number of hydrogen-bond donors (Lipinski definition) is 1. The smallest absolute Gasteiger partial charge is 0.275 e. The van der Waals surface area contributed by atoms with Gasteiger partial charge in [-0.05, 0) is 36.8 Å². The first kappa shape index (κ1) is 15.2. The van der Waals surface area contributed by atoms with Gasteiger partial charge in [-0.15, -0.1) is 0 Å². The van der Waals surface area contributed by atoms with Crippen molar-refractivity contribution in [2.75, 3.05) is 5.32 Å². The van der Waals surface area contributed by atoms with Crippen molar-refractivity contribution in [3.63, 3.8) is 0 Å². The van der Waals surface area contributed by atoms with Crippen LogP contribution in [0.15, 0.2) is 36.7 Å². The van der Waals surface area contributed by atoms with Gasteiger partial charge in [0.25, 0.3) is 5.91 Å². The van der Waals surface area contributed by atoms with Crippen LogP contribution in [0.1, 0.15) is 16.1 Å². The SMILES string of the molecule is Cc1ccn2cc(C(=O)Nc3c(Cl)cc(Cl)cc3Cl)nc2c1. The summed E-state index contributed by atoms with van der Waals surface area (Å²) in [5.74, 6) is -0.396. The van der Waals surface area contributed by atoms with E-state index in [4.69, 9.17) is 34.8 Å². The lowest BCUT2D eigenvalue weighted by Crippen LogP contribution is -2.13. The van der Waals surface area contributed by atoms with Crippen LogP contribution >= 0.6 is 34.8 Å². The fraction of sp³-hybridized carbons (Fsp3) is 0.0667. The Kier molecular flexibility index (Phi) is 4.00. The van der Waals surface area contributed by atoms with E-state index in [0.717, 1.165) is 5.56 Å². The number of rotatable bonds is 2. The molecule has 4 nitrogen and oxygen atoms in total. The van der Waals surface area contributed by atoms with Crippen LogP contribution in [0.2, 0.25) is 15.1 Å². The highest BCUT2D eigenvalue weighted by atomic mass is 35.5. The molecule has 3 rings (SSSR count). The van der Waals surface area contributed by atoms with Gasteiger partial charge in [0.05, 0.1) is 15.7 Å². The maximum atomic E-state index is 12.3. The van der Waals surface area contributed by atoms with Gasteiger partial charge in [-0.25, -0.2) is 4.98 Å². The molecule has 0 saturated heterocycles. The number of anilines is 1. The van der Waals surface area contributed by atoms with Crippen LogP contribution < -0.4 is 5.32 Å². The van der Waals surface area contributed by atoms with Crippen molar-refractivity contribution in [2.24, 2.45) is 0 Å². The topological polar surface area (TPSA) is 46.4 Å². The zero-order valence-electron chi connectivity index (χ0n) is 11.4. The lowest BCUT2D eigenvalue weighted by molar-refractivity contribution is 0.102. The van der Waals surface area contributed by atoms with Crippen molar-refractivity contribution < 1.29 is 4.79 Å². The molecule has 0 saturated carbocycles. The summed E-state index contributed by atoms with van der Waals surface area (Å²) < 4.78 is 1.77. The number of fused-ring (bicyclic) bond motifs is 1. The van der Waals surface area contributed by atoms with Crippen molar-refractivity contribution in [3.8, 4) is 0 Å². The summed E-state index contributed by atoms with van der Waals surface area (Å²) in [4.78, 5) is 16.6. The Morgan fingerprint density at radius 2 is 1.86 bits per heavy atom. The highest BCUT2D eigenvalue weighted by Crippen LogP contribution is 2.33. The van der Waals surface area contributed by atoms with Gasteiger partial charge in [-0.3, -0.25) is 4.79 Å². The minimum absolute atomic E-state index is 0.269. The number of amides is 1. The molecule has 1 aromatic carbocycles. The van der Waals surface area contributed by atoms with Crippen molar-refractivity contribution in [3.05, 3.63) is 63.0 Å². The number of halogens is 3. The Labute approximate surface area is 141 Å². The minimum atomic E-state index is -0.396. The highest BCUT2D eigenvalue weighted by Gasteiger charge is 2.15. The van der Waals surface area contributed by atoms with Crippen LogP contribution in [-0.4, -0.2) is 15.3 Å². The van der Waals surface area contributed by atoms with Gasteiger partial charge >= 0.3 is 0 Å². The van der Waals surface area contributed by atoms with E-state index in [1.165, 1.54) is 12.1 Å². The predicted octanol–water partition coefficient (Wildman–Crippen LogP) is 4.86. The molecule has 0 aliphatic heterocycles. The third-order valence-electron chi connectivity index (χ3n) is 3.09. The summed E-state index contributed by atoms with van der Waals surface area (Å²) in [5, 5.41) is 3.60. The van der Waals surface area contributed by atoms with Crippen molar-refractivity contribution >= 4 is 52.0 Å². The molecule has 3 aromatic rings. The van der Waals surface area contributed by atoms with Crippen LogP contribution in [0, 0.1) is 6.92 Å². The van der Waals surface area contributed by atoms with Gasteiger partial charge < -0.3 is 9.72 Å². The zero-order chi connectivity index (χ0) is 15.9. The molecule has 0 unspecified atom stereocenters. The molecule has 0 fully saturated rings. The average molecular weight is 355 g/mol. The lowest BCUT2D eigenvalue weighted by atomic mass is 10.3. The molecule has 112 valence electrons. The normalized spacial score (nSPS) is 10.9. The third kappa shape index (κ3) is 2.90. The molecular formula is C15H10Cl3N3O. The second kappa shape index (κ2) is 5.80. The van der Waals surface area contributed by atoms with Gasteiger partial charge in [0, 0.05) is 17.4 Å².